The van der Waals surface area contributed by atoms with Gasteiger partial charge >= 0.3 is 0 Å². The van der Waals surface area contributed by atoms with Crippen molar-refractivity contribution in [1.82, 2.24) is 0 Å². The van der Waals surface area contributed by atoms with Crippen LogP contribution in [0.4, 0.5) is 0 Å². The molecule has 62 valence electrons. The van der Waals surface area contributed by atoms with Gasteiger partial charge in [0.05, 0.1) is 12.7 Å². The maximum absolute atomic E-state index is 11.0. The molecular weight excluding hydrogens is 172 g/mol. The fourth-order valence-electron chi connectivity index (χ4n) is 1.15. The van der Waals surface area contributed by atoms with E-state index >= 15 is 0 Å². The fraction of sp³-hybridized carbons (Fsp3) is 0.222. The Bertz CT molecular complexity index is 300. The highest BCUT2D eigenvalue weighted by atomic mass is 32.1. The van der Waals surface area contributed by atoms with Gasteiger partial charge in [0, 0.05) is 11.0 Å². The Labute approximate surface area is 74.5 Å². The second-order valence-corrected chi connectivity index (χ2v) is 3.59. The number of ketones is 1. The van der Waals surface area contributed by atoms with E-state index in [1.165, 1.54) is 12.3 Å². The van der Waals surface area contributed by atoms with E-state index < -0.39 is 0 Å². The van der Waals surface area contributed by atoms with Crippen molar-refractivity contribution in [3.63, 3.8) is 0 Å². The highest BCUT2D eigenvalue weighted by Crippen LogP contribution is 2.28. The monoisotopic (exact) mass is 180 g/mol. The number of allylic oxidation sites excluding steroid dienone is 1. The molecule has 0 saturated carbocycles. The molecule has 0 aromatic carbocycles. The number of rotatable bonds is 1. The molecule has 0 N–H and O–H groups in total. The van der Waals surface area contributed by atoms with Gasteiger partial charge in [-0.25, -0.2) is 0 Å². The minimum Gasteiger partial charge on any atom is -0.492 e. The van der Waals surface area contributed by atoms with Gasteiger partial charge in [-0.05, 0) is 11.4 Å². The molecule has 0 bridgehead atoms. The second-order valence-electron chi connectivity index (χ2n) is 2.61. The average Bonchev–Trinajstić information content (AvgIpc) is 2.56. The Morgan fingerprint density at radius 2 is 2.50 bits per heavy atom. The van der Waals surface area contributed by atoms with E-state index in [1.807, 2.05) is 17.5 Å². The summed E-state index contributed by atoms with van der Waals surface area (Å²) in [5, 5.41) is 1.99. The van der Waals surface area contributed by atoms with Gasteiger partial charge in [0.2, 0.25) is 0 Å². The molecule has 1 unspecified atom stereocenters. The molecule has 12 heavy (non-hydrogen) atoms. The summed E-state index contributed by atoms with van der Waals surface area (Å²) < 4.78 is 5.30. The quantitative estimate of drug-likeness (QED) is 0.662. The van der Waals surface area contributed by atoms with Crippen LogP contribution in [0.5, 0.6) is 0 Å². The van der Waals surface area contributed by atoms with Crippen LogP contribution in [0, 0.1) is 0 Å². The number of carbonyl (C=O) groups is 1. The van der Waals surface area contributed by atoms with Crippen LogP contribution in [0.25, 0.3) is 0 Å². The first-order valence-corrected chi connectivity index (χ1v) is 4.62. The van der Waals surface area contributed by atoms with Crippen LogP contribution in [0.15, 0.2) is 29.9 Å². The van der Waals surface area contributed by atoms with Gasteiger partial charge in [0.15, 0.2) is 5.78 Å². The second kappa shape index (κ2) is 3.11. The van der Waals surface area contributed by atoms with Crippen LogP contribution in [-0.2, 0) is 9.53 Å². The molecule has 1 aliphatic heterocycles. The van der Waals surface area contributed by atoms with Crippen molar-refractivity contribution in [3.05, 3.63) is 34.7 Å². The third-order valence-corrected chi connectivity index (χ3v) is 2.71. The number of thiophene rings is 1. The largest absolute Gasteiger partial charge is 0.492 e. The van der Waals surface area contributed by atoms with Crippen LogP contribution in [0.3, 0.4) is 0 Å². The molecule has 1 atom stereocenters. The highest BCUT2D eigenvalue weighted by molar-refractivity contribution is 7.10. The van der Waals surface area contributed by atoms with Crippen LogP contribution in [0.1, 0.15) is 17.4 Å². The standard InChI is InChI=1S/C9H8O2S/c10-7-3-4-11-8(6-7)9-2-1-5-12-9/h1-5,8H,6H2. The molecule has 0 spiro atoms. The topological polar surface area (TPSA) is 26.3 Å². The lowest BCUT2D eigenvalue weighted by atomic mass is 10.1. The maximum Gasteiger partial charge on any atom is 0.162 e. The van der Waals surface area contributed by atoms with Crippen molar-refractivity contribution < 1.29 is 9.53 Å². The Kier molecular flexibility index (Phi) is 1.96. The molecule has 2 heterocycles. The van der Waals surface area contributed by atoms with Crippen molar-refractivity contribution in [2.45, 2.75) is 12.5 Å². The summed E-state index contributed by atoms with van der Waals surface area (Å²) in [4.78, 5) is 12.1. The number of ether oxygens (including phenoxy) is 1. The lowest BCUT2D eigenvalue weighted by molar-refractivity contribution is -0.118. The molecule has 0 fully saturated rings. The summed E-state index contributed by atoms with van der Waals surface area (Å²) in [5.41, 5.74) is 0. The minimum absolute atomic E-state index is 0.0532. The lowest BCUT2D eigenvalue weighted by Crippen LogP contribution is -2.09. The first kappa shape index (κ1) is 7.55. The smallest absolute Gasteiger partial charge is 0.162 e. The Hall–Kier alpha value is -1.09. The average molecular weight is 180 g/mol. The molecule has 1 aromatic rings. The van der Waals surface area contributed by atoms with Gasteiger partial charge in [-0.15, -0.1) is 11.3 Å². The fourth-order valence-corrected chi connectivity index (χ4v) is 1.91. The van der Waals surface area contributed by atoms with Crippen LogP contribution < -0.4 is 0 Å². The van der Waals surface area contributed by atoms with E-state index in [4.69, 9.17) is 4.74 Å². The van der Waals surface area contributed by atoms with E-state index in [-0.39, 0.29) is 11.9 Å². The summed E-state index contributed by atoms with van der Waals surface area (Å²) in [6, 6.07) is 3.95. The highest BCUT2D eigenvalue weighted by Gasteiger charge is 2.18. The van der Waals surface area contributed by atoms with Gasteiger partial charge in [-0.2, -0.15) is 0 Å². The van der Waals surface area contributed by atoms with Crippen LogP contribution in [0.2, 0.25) is 0 Å². The lowest BCUT2D eigenvalue weighted by Gasteiger charge is -2.16. The predicted molar refractivity (Wildman–Crippen MR) is 46.9 cm³/mol. The summed E-state index contributed by atoms with van der Waals surface area (Å²) >= 11 is 1.62. The number of carbonyl (C=O) groups excluding carboxylic acids is 1. The maximum atomic E-state index is 11.0. The number of hydrogen-bond donors (Lipinski definition) is 0. The molecule has 0 amide bonds. The zero-order valence-electron chi connectivity index (χ0n) is 6.40. The molecule has 2 rings (SSSR count). The van der Waals surface area contributed by atoms with Crippen LogP contribution >= 0.6 is 11.3 Å². The predicted octanol–water partition coefficient (Wildman–Crippen LogP) is 2.29. The van der Waals surface area contributed by atoms with E-state index in [2.05, 4.69) is 0 Å². The normalized spacial score (nSPS) is 22.3. The third kappa shape index (κ3) is 1.41. The molecule has 1 aromatic heterocycles. The summed E-state index contributed by atoms with van der Waals surface area (Å²) in [6.45, 7) is 0. The first-order chi connectivity index (χ1) is 5.86. The Morgan fingerprint density at radius 1 is 1.58 bits per heavy atom. The minimum atomic E-state index is -0.0532. The van der Waals surface area contributed by atoms with Gasteiger partial charge in [-0.3, -0.25) is 4.79 Å². The molecule has 0 radical (unpaired) electrons. The van der Waals surface area contributed by atoms with Crippen molar-refractivity contribution in [3.8, 4) is 0 Å². The third-order valence-electron chi connectivity index (χ3n) is 1.74. The zero-order chi connectivity index (χ0) is 8.39. The van der Waals surface area contributed by atoms with Gasteiger partial charge in [-0.1, -0.05) is 6.07 Å². The van der Waals surface area contributed by atoms with E-state index in [9.17, 15) is 4.79 Å². The first-order valence-electron chi connectivity index (χ1n) is 3.74. The number of hydrogen-bond acceptors (Lipinski definition) is 3. The SMILES string of the molecule is O=C1C=COC(c2cccs2)C1. The molecule has 1 aliphatic rings. The summed E-state index contributed by atoms with van der Waals surface area (Å²) in [5.74, 6) is 0.139. The van der Waals surface area contributed by atoms with Crippen molar-refractivity contribution in [1.29, 1.82) is 0 Å². The van der Waals surface area contributed by atoms with Gasteiger partial charge < -0.3 is 4.74 Å². The zero-order valence-corrected chi connectivity index (χ0v) is 7.21. The molecule has 0 aliphatic carbocycles. The molecule has 2 nitrogen and oxygen atoms in total. The van der Waals surface area contributed by atoms with E-state index in [0.717, 1.165) is 4.88 Å². The Morgan fingerprint density at radius 3 is 3.17 bits per heavy atom. The summed E-state index contributed by atoms with van der Waals surface area (Å²) in [7, 11) is 0. The van der Waals surface area contributed by atoms with Crippen LogP contribution in [-0.4, -0.2) is 5.78 Å². The van der Waals surface area contributed by atoms with Gasteiger partial charge in [0.1, 0.15) is 6.10 Å². The summed E-state index contributed by atoms with van der Waals surface area (Å²) in [6.07, 6.45) is 3.37. The van der Waals surface area contributed by atoms with Crippen molar-refractivity contribution in [2.75, 3.05) is 0 Å². The van der Waals surface area contributed by atoms with Crippen molar-refractivity contribution in [2.24, 2.45) is 0 Å². The van der Waals surface area contributed by atoms with Crippen molar-refractivity contribution >= 4 is 17.1 Å². The van der Waals surface area contributed by atoms with E-state index in [1.54, 1.807) is 11.3 Å². The molecule has 3 heteroatoms. The molecule has 0 saturated heterocycles. The van der Waals surface area contributed by atoms with E-state index in [0.29, 0.717) is 6.42 Å². The van der Waals surface area contributed by atoms with Gasteiger partial charge in [0.25, 0.3) is 0 Å². The Balaban J connectivity index is 2.17. The molecular formula is C9H8O2S.